The normalized spacial score (nSPS) is 15.6. The molecule has 1 unspecified atom stereocenters. The van der Waals surface area contributed by atoms with Crippen molar-refractivity contribution in [2.24, 2.45) is 0 Å². The number of carboxylic acid groups (broad SMARTS) is 1. The van der Waals surface area contributed by atoms with Gasteiger partial charge < -0.3 is 34.4 Å². The van der Waals surface area contributed by atoms with Gasteiger partial charge in [-0.2, -0.15) is 0 Å². The number of rotatable bonds is 12. The zero-order chi connectivity index (χ0) is 33.1. The molecule has 0 spiro atoms. The molecule has 2 aromatic rings. The van der Waals surface area contributed by atoms with Crippen molar-refractivity contribution in [3.05, 3.63) is 52.1 Å². The molecule has 12 heteroatoms. The van der Waals surface area contributed by atoms with E-state index >= 15 is 0 Å². The molecular weight excluding hydrogens is 656 g/mol. The van der Waals surface area contributed by atoms with Crippen molar-refractivity contribution < 1.29 is 33.7 Å². The predicted molar refractivity (Wildman–Crippen MR) is 183 cm³/mol. The van der Waals surface area contributed by atoms with Gasteiger partial charge in [-0.3, -0.25) is 15.0 Å². The summed E-state index contributed by atoms with van der Waals surface area (Å²) >= 11 is 0. The summed E-state index contributed by atoms with van der Waals surface area (Å²) in [6, 6.07) is 7.22. The first-order chi connectivity index (χ1) is 21.3. The van der Waals surface area contributed by atoms with E-state index in [4.69, 9.17) is 19.6 Å². The summed E-state index contributed by atoms with van der Waals surface area (Å²) < 4.78 is 17.5. The van der Waals surface area contributed by atoms with Gasteiger partial charge in [0.05, 0.1) is 37.6 Å². The number of fused-ring (bicyclic) bond motifs is 1. The van der Waals surface area contributed by atoms with Crippen molar-refractivity contribution in [1.82, 2.24) is 10.2 Å². The minimum absolute atomic E-state index is 0. The molecule has 0 bridgehead atoms. The summed E-state index contributed by atoms with van der Waals surface area (Å²) in [5.41, 5.74) is 3.70. The average Bonchev–Trinajstić information content (AvgIpc) is 3.31. The summed E-state index contributed by atoms with van der Waals surface area (Å²) in [5, 5.41) is 20.9. The molecule has 0 saturated carbocycles. The first-order valence-electron chi connectivity index (χ1n) is 15.6. The maximum atomic E-state index is 13.9. The Morgan fingerprint density at radius 2 is 1.78 bits per heavy atom. The molecule has 3 N–H and O–H groups in total. The van der Waals surface area contributed by atoms with Crippen LogP contribution in [0.1, 0.15) is 91.3 Å². The summed E-state index contributed by atoms with van der Waals surface area (Å²) in [6.07, 6.45) is 0.739. The Morgan fingerprint density at radius 3 is 2.33 bits per heavy atom. The van der Waals surface area contributed by atoms with Gasteiger partial charge in [-0.05, 0) is 61.4 Å². The molecule has 0 radical (unpaired) electrons. The third-order valence-corrected chi connectivity index (χ3v) is 8.43. The number of carbonyl (C=O) groups is 3. The van der Waals surface area contributed by atoms with Crippen LogP contribution < -0.4 is 19.7 Å². The van der Waals surface area contributed by atoms with Crippen molar-refractivity contribution in [2.45, 2.75) is 78.0 Å². The maximum Gasteiger partial charge on any atom is 0.332 e. The van der Waals surface area contributed by atoms with Gasteiger partial charge in [0.1, 0.15) is 17.3 Å². The average molecular weight is 704 g/mol. The van der Waals surface area contributed by atoms with Crippen LogP contribution in [0.25, 0.3) is 0 Å². The SMILES string of the molecule is Br.CCOc1cc2c(cc1C(=O)NC)C(=N)N(CC(=O)c1cc(N3CCC(OC(CC)C(=O)O)CC3)c(OC)c(C(C)(C)C)c1)C2. The highest BCUT2D eigenvalue weighted by molar-refractivity contribution is 8.93. The standard InChI is InChI=1S/C34H46N4O7.BrH/c1-8-28(33(41)42)45-22-10-12-37(13-11-22)26-15-20(14-25(30(26)43-7)34(3,4)5)27(39)19-38-18-21-16-29(44-9-2)24(32(40)36-6)17-23(21)31(38)35;/h14-17,22,28,35H,8-13,18-19H2,1-7H3,(H,36,40)(H,41,42);1H. The van der Waals surface area contributed by atoms with E-state index in [1.54, 1.807) is 38.1 Å². The van der Waals surface area contributed by atoms with Crippen LogP contribution in [0.4, 0.5) is 5.69 Å². The number of carboxylic acids is 1. The minimum atomic E-state index is -0.946. The third-order valence-electron chi connectivity index (χ3n) is 8.43. The molecule has 2 aliphatic heterocycles. The van der Waals surface area contributed by atoms with Crippen molar-refractivity contribution >= 4 is 46.2 Å². The lowest BCUT2D eigenvalue weighted by Crippen LogP contribution is -2.40. The lowest BCUT2D eigenvalue weighted by atomic mass is 9.84. The number of Topliss-reactive ketones (excluding diaryl/α,β-unsaturated/α-hetero) is 1. The van der Waals surface area contributed by atoms with Gasteiger partial charge in [0.15, 0.2) is 11.9 Å². The highest BCUT2D eigenvalue weighted by atomic mass is 79.9. The van der Waals surface area contributed by atoms with Gasteiger partial charge in [0.25, 0.3) is 5.91 Å². The molecule has 46 heavy (non-hydrogen) atoms. The van der Waals surface area contributed by atoms with Crippen molar-refractivity contribution in [1.29, 1.82) is 5.41 Å². The van der Waals surface area contributed by atoms with Crippen molar-refractivity contribution in [3.63, 3.8) is 0 Å². The summed E-state index contributed by atoms with van der Waals surface area (Å²) in [4.78, 5) is 41.8. The first-order valence-corrected chi connectivity index (χ1v) is 15.6. The molecule has 1 atom stereocenters. The van der Waals surface area contributed by atoms with Gasteiger partial charge in [0, 0.05) is 43.4 Å². The number of methoxy groups -OCH3 is 1. The Kier molecular flexibility index (Phi) is 12.2. The molecule has 0 aliphatic carbocycles. The molecule has 1 fully saturated rings. The number of halogens is 1. The Morgan fingerprint density at radius 1 is 1.11 bits per heavy atom. The molecule has 11 nitrogen and oxygen atoms in total. The number of amidine groups is 1. The Balaban J connectivity index is 0.00000576. The van der Waals surface area contributed by atoms with E-state index < -0.39 is 12.1 Å². The van der Waals surface area contributed by atoms with Gasteiger partial charge in [0.2, 0.25) is 0 Å². The van der Waals surface area contributed by atoms with Crippen LogP contribution in [-0.2, 0) is 21.5 Å². The highest BCUT2D eigenvalue weighted by Gasteiger charge is 2.32. The van der Waals surface area contributed by atoms with Gasteiger partial charge in [-0.15, -0.1) is 17.0 Å². The van der Waals surface area contributed by atoms with Gasteiger partial charge in [-0.25, -0.2) is 4.79 Å². The lowest BCUT2D eigenvalue weighted by Gasteiger charge is -2.36. The number of nitrogens with zero attached hydrogens (tertiary/aromatic N) is 2. The van der Waals surface area contributed by atoms with Crippen LogP contribution in [0.3, 0.4) is 0 Å². The lowest BCUT2D eigenvalue weighted by molar-refractivity contribution is -0.155. The number of piperidine rings is 1. The number of hydrogen-bond acceptors (Lipinski definition) is 8. The van der Waals surface area contributed by atoms with Crippen LogP contribution in [0.5, 0.6) is 11.5 Å². The van der Waals surface area contributed by atoms with E-state index in [2.05, 4.69) is 31.0 Å². The second kappa shape index (κ2) is 15.3. The summed E-state index contributed by atoms with van der Waals surface area (Å²) in [7, 11) is 3.18. The fraction of sp³-hybridized carbons (Fsp3) is 0.529. The smallest absolute Gasteiger partial charge is 0.332 e. The number of hydrogen-bond donors (Lipinski definition) is 3. The molecule has 1 amide bonds. The number of benzene rings is 2. The van der Waals surface area contributed by atoms with E-state index in [1.165, 1.54) is 0 Å². The first kappa shape index (κ1) is 36.8. The fourth-order valence-electron chi connectivity index (χ4n) is 5.99. The largest absolute Gasteiger partial charge is 0.494 e. The minimum Gasteiger partial charge on any atom is -0.494 e. The Labute approximate surface area is 281 Å². The number of anilines is 1. The number of ketones is 1. The highest BCUT2D eigenvalue weighted by Crippen LogP contribution is 2.41. The molecule has 2 aromatic carbocycles. The summed E-state index contributed by atoms with van der Waals surface area (Å²) in [5.74, 6) is -0.0327. The third kappa shape index (κ3) is 7.83. The van der Waals surface area contributed by atoms with E-state index in [9.17, 15) is 19.5 Å². The number of ether oxygens (including phenoxy) is 3. The molecule has 1 saturated heterocycles. The number of amides is 1. The van der Waals surface area contributed by atoms with Gasteiger partial charge in [-0.1, -0.05) is 27.7 Å². The second-order valence-corrected chi connectivity index (χ2v) is 12.5. The Hall–Kier alpha value is -3.64. The van der Waals surface area contributed by atoms with E-state index in [-0.39, 0.29) is 52.6 Å². The number of aliphatic carboxylic acids is 1. The monoisotopic (exact) mass is 702 g/mol. The quantitative estimate of drug-likeness (QED) is 0.255. The van der Waals surface area contributed by atoms with Crippen LogP contribution in [0, 0.1) is 5.41 Å². The zero-order valence-corrected chi connectivity index (χ0v) is 29.5. The predicted octanol–water partition coefficient (Wildman–Crippen LogP) is 5.20. The van der Waals surface area contributed by atoms with Gasteiger partial charge >= 0.3 is 5.97 Å². The van der Waals surface area contributed by atoms with Crippen LogP contribution in [0.2, 0.25) is 0 Å². The van der Waals surface area contributed by atoms with Crippen LogP contribution >= 0.6 is 17.0 Å². The second-order valence-electron chi connectivity index (χ2n) is 12.5. The number of nitrogens with one attached hydrogen (secondary N) is 2. The molecule has 4 rings (SSSR count). The fourth-order valence-corrected chi connectivity index (χ4v) is 5.99. The van der Waals surface area contributed by atoms with E-state index in [1.807, 2.05) is 19.1 Å². The van der Waals surface area contributed by atoms with Crippen molar-refractivity contribution in [2.75, 3.05) is 45.3 Å². The molecule has 2 heterocycles. The molecular formula is C34H47BrN4O7. The molecule has 252 valence electrons. The van der Waals surface area contributed by atoms with E-state index in [0.29, 0.717) is 73.7 Å². The topological polar surface area (TPSA) is 141 Å². The van der Waals surface area contributed by atoms with Crippen LogP contribution in [-0.4, -0.2) is 86.1 Å². The maximum absolute atomic E-state index is 13.9. The van der Waals surface area contributed by atoms with E-state index in [0.717, 1.165) is 16.8 Å². The van der Waals surface area contributed by atoms with Crippen molar-refractivity contribution in [3.8, 4) is 11.5 Å². The number of carbonyl (C=O) groups excluding carboxylic acids is 2. The van der Waals surface area contributed by atoms with Crippen LogP contribution in [0.15, 0.2) is 24.3 Å². The summed E-state index contributed by atoms with van der Waals surface area (Å²) in [6.45, 7) is 11.9. The molecule has 2 aliphatic rings. The Bertz CT molecular complexity index is 1460. The molecule has 0 aromatic heterocycles. The zero-order valence-electron chi connectivity index (χ0n) is 27.8.